The highest BCUT2D eigenvalue weighted by Gasteiger charge is 2.23. The molecule has 0 saturated heterocycles. The number of halogens is 1. The molecule has 4 aromatic rings. The number of pyridine rings is 1. The number of hydrogen-bond acceptors (Lipinski definition) is 6. The smallest absolute Gasteiger partial charge is 0.337 e. The summed E-state index contributed by atoms with van der Waals surface area (Å²) in [6.45, 7) is 3.21. The van der Waals surface area contributed by atoms with Gasteiger partial charge in [0.25, 0.3) is 11.1 Å². The standard InChI is InChI=1S/C24H24FN5O5S/c1-13-9-10-18(17(25)11-13)30-21-19(23(32)29(4)24(30)33)20(14(2)22(31)28(21)3)26-15-7-6-8-16(12-15)27-36(5,34)35/h6-12,26-27H,1-5H3. The number of fused-ring (bicyclic) bond motifs is 1. The molecule has 188 valence electrons. The molecule has 10 nitrogen and oxygen atoms in total. The summed E-state index contributed by atoms with van der Waals surface area (Å²) in [5.74, 6) is -0.695. The van der Waals surface area contributed by atoms with Gasteiger partial charge in [-0.25, -0.2) is 22.2 Å². The van der Waals surface area contributed by atoms with E-state index in [1.165, 1.54) is 45.3 Å². The second-order valence-corrected chi connectivity index (χ2v) is 10.3. The van der Waals surface area contributed by atoms with Crippen molar-refractivity contribution in [3.8, 4) is 5.69 Å². The Bertz CT molecular complexity index is 1840. The molecule has 0 fully saturated rings. The molecule has 0 radical (unpaired) electrons. The van der Waals surface area contributed by atoms with Gasteiger partial charge in [0.1, 0.15) is 16.9 Å². The molecule has 0 atom stereocenters. The number of aromatic nitrogens is 3. The van der Waals surface area contributed by atoms with Gasteiger partial charge in [0.15, 0.2) is 0 Å². The predicted molar refractivity (Wildman–Crippen MR) is 138 cm³/mol. The summed E-state index contributed by atoms with van der Waals surface area (Å²) >= 11 is 0. The molecule has 0 saturated carbocycles. The van der Waals surface area contributed by atoms with E-state index >= 15 is 4.39 Å². The number of sulfonamides is 1. The van der Waals surface area contributed by atoms with Crippen molar-refractivity contribution in [1.29, 1.82) is 0 Å². The average Bonchev–Trinajstić information content (AvgIpc) is 2.79. The fourth-order valence-electron chi connectivity index (χ4n) is 4.07. The Kier molecular flexibility index (Phi) is 6.08. The van der Waals surface area contributed by atoms with Gasteiger partial charge in [0, 0.05) is 25.3 Å². The van der Waals surface area contributed by atoms with Crippen LogP contribution in [0, 0.1) is 19.7 Å². The number of nitrogens with one attached hydrogen (secondary N) is 2. The maximum Gasteiger partial charge on any atom is 0.337 e. The molecule has 4 rings (SSSR count). The van der Waals surface area contributed by atoms with Crippen molar-refractivity contribution in [3.63, 3.8) is 0 Å². The maximum atomic E-state index is 15.0. The van der Waals surface area contributed by atoms with Gasteiger partial charge in [-0.2, -0.15) is 0 Å². The van der Waals surface area contributed by atoms with Crippen LogP contribution in [0.15, 0.2) is 56.8 Å². The van der Waals surface area contributed by atoms with Crippen LogP contribution in [0.2, 0.25) is 0 Å². The normalized spacial score (nSPS) is 11.6. The zero-order valence-corrected chi connectivity index (χ0v) is 21.0. The minimum absolute atomic E-state index is 0.0156. The number of rotatable bonds is 5. The van der Waals surface area contributed by atoms with Crippen molar-refractivity contribution >= 4 is 38.1 Å². The quantitative estimate of drug-likeness (QED) is 0.422. The van der Waals surface area contributed by atoms with E-state index in [0.29, 0.717) is 11.3 Å². The van der Waals surface area contributed by atoms with E-state index in [4.69, 9.17) is 0 Å². The van der Waals surface area contributed by atoms with Crippen molar-refractivity contribution in [1.82, 2.24) is 13.7 Å². The first-order chi connectivity index (χ1) is 16.8. The largest absolute Gasteiger partial charge is 0.354 e. The van der Waals surface area contributed by atoms with Crippen LogP contribution in [0.25, 0.3) is 16.7 Å². The third-order valence-electron chi connectivity index (χ3n) is 5.78. The van der Waals surface area contributed by atoms with Crippen LogP contribution in [0.1, 0.15) is 11.1 Å². The summed E-state index contributed by atoms with van der Waals surface area (Å²) in [6.07, 6.45) is 1.01. The van der Waals surface area contributed by atoms with E-state index in [0.717, 1.165) is 20.0 Å². The Labute approximate surface area is 205 Å². The molecule has 0 spiro atoms. The van der Waals surface area contributed by atoms with E-state index in [1.807, 2.05) is 0 Å². The molecule has 2 aromatic heterocycles. The van der Waals surface area contributed by atoms with Gasteiger partial charge in [-0.3, -0.25) is 23.4 Å². The van der Waals surface area contributed by atoms with Gasteiger partial charge in [0.05, 0.1) is 23.3 Å². The second kappa shape index (κ2) is 8.79. The SMILES string of the molecule is Cc1ccc(-n2c(=O)n(C)c(=O)c3c(Nc4cccc(NS(C)(=O)=O)c4)c(C)c(=O)n(C)c32)c(F)c1. The molecule has 0 bridgehead atoms. The lowest BCUT2D eigenvalue weighted by Crippen LogP contribution is -2.41. The van der Waals surface area contributed by atoms with Crippen molar-refractivity contribution in [3.05, 3.63) is 90.6 Å². The van der Waals surface area contributed by atoms with Crippen LogP contribution < -0.4 is 26.8 Å². The second-order valence-electron chi connectivity index (χ2n) is 8.58. The summed E-state index contributed by atoms with van der Waals surface area (Å²) < 4.78 is 43.6. The first-order valence-corrected chi connectivity index (χ1v) is 12.7. The maximum absolute atomic E-state index is 15.0. The molecule has 0 aliphatic carbocycles. The van der Waals surface area contributed by atoms with Crippen molar-refractivity contribution < 1.29 is 12.8 Å². The van der Waals surface area contributed by atoms with E-state index < -0.39 is 32.6 Å². The molecular formula is C24H24FN5O5S. The summed E-state index contributed by atoms with van der Waals surface area (Å²) in [7, 11) is -0.867. The van der Waals surface area contributed by atoms with Gasteiger partial charge in [-0.1, -0.05) is 12.1 Å². The summed E-state index contributed by atoms with van der Waals surface area (Å²) in [4.78, 5) is 39.7. The predicted octanol–water partition coefficient (Wildman–Crippen LogP) is 2.26. The molecule has 36 heavy (non-hydrogen) atoms. The number of hydrogen-bond donors (Lipinski definition) is 2. The Hall–Kier alpha value is -4.19. The van der Waals surface area contributed by atoms with Crippen LogP contribution in [0.3, 0.4) is 0 Å². The number of aryl methyl sites for hydroxylation is 2. The van der Waals surface area contributed by atoms with Gasteiger partial charge >= 0.3 is 5.69 Å². The first-order valence-electron chi connectivity index (χ1n) is 10.8. The van der Waals surface area contributed by atoms with Crippen LogP contribution in [-0.4, -0.2) is 28.4 Å². The Morgan fingerprint density at radius 3 is 2.19 bits per heavy atom. The van der Waals surface area contributed by atoms with E-state index in [1.54, 1.807) is 25.1 Å². The zero-order valence-electron chi connectivity index (χ0n) is 20.2. The number of anilines is 3. The highest BCUT2D eigenvalue weighted by Crippen LogP contribution is 2.28. The molecule has 0 unspecified atom stereocenters. The zero-order chi connectivity index (χ0) is 26.5. The monoisotopic (exact) mass is 513 g/mol. The van der Waals surface area contributed by atoms with Gasteiger partial charge < -0.3 is 5.32 Å². The molecule has 0 aliphatic heterocycles. The van der Waals surface area contributed by atoms with E-state index in [2.05, 4.69) is 10.0 Å². The molecule has 12 heteroatoms. The van der Waals surface area contributed by atoms with E-state index in [9.17, 15) is 22.8 Å². The lowest BCUT2D eigenvalue weighted by Gasteiger charge is -2.20. The highest BCUT2D eigenvalue weighted by molar-refractivity contribution is 7.92. The van der Waals surface area contributed by atoms with Crippen LogP contribution >= 0.6 is 0 Å². The van der Waals surface area contributed by atoms with Crippen LogP contribution in [0.4, 0.5) is 21.5 Å². The lowest BCUT2D eigenvalue weighted by molar-refractivity contribution is 0.606. The molecule has 2 heterocycles. The fraction of sp³-hybridized carbons (Fsp3) is 0.208. The molecule has 0 aliphatic rings. The lowest BCUT2D eigenvalue weighted by atomic mass is 10.1. The van der Waals surface area contributed by atoms with E-state index in [-0.39, 0.29) is 33.7 Å². The molecular weight excluding hydrogens is 489 g/mol. The van der Waals surface area contributed by atoms with Gasteiger partial charge in [0.2, 0.25) is 10.0 Å². The molecule has 2 N–H and O–H groups in total. The summed E-state index contributed by atoms with van der Waals surface area (Å²) in [5.41, 5.74) is -0.654. The van der Waals surface area contributed by atoms with Crippen molar-refractivity contribution in [2.45, 2.75) is 13.8 Å². The Morgan fingerprint density at radius 1 is 0.889 bits per heavy atom. The third-order valence-corrected chi connectivity index (χ3v) is 6.39. The molecule has 2 aromatic carbocycles. The fourth-order valence-corrected chi connectivity index (χ4v) is 4.62. The minimum Gasteiger partial charge on any atom is -0.354 e. The molecule has 0 amide bonds. The number of nitrogens with zero attached hydrogens (tertiary/aromatic N) is 3. The summed E-state index contributed by atoms with van der Waals surface area (Å²) in [6, 6.07) is 10.5. The van der Waals surface area contributed by atoms with Crippen LogP contribution in [0.5, 0.6) is 0 Å². The Morgan fingerprint density at radius 2 is 1.56 bits per heavy atom. The van der Waals surface area contributed by atoms with Crippen molar-refractivity contribution in [2.75, 3.05) is 16.3 Å². The number of benzene rings is 2. The highest BCUT2D eigenvalue weighted by atomic mass is 32.2. The topological polar surface area (TPSA) is 124 Å². The Balaban J connectivity index is 2.09. The first kappa shape index (κ1) is 24.9. The van der Waals surface area contributed by atoms with Gasteiger partial charge in [-0.15, -0.1) is 0 Å². The van der Waals surface area contributed by atoms with Crippen molar-refractivity contribution in [2.24, 2.45) is 14.1 Å². The minimum atomic E-state index is -3.54. The van der Waals surface area contributed by atoms with Gasteiger partial charge in [-0.05, 0) is 49.7 Å². The van der Waals surface area contributed by atoms with Crippen LogP contribution in [-0.2, 0) is 24.1 Å². The third kappa shape index (κ3) is 4.31. The average molecular weight is 514 g/mol. The summed E-state index contributed by atoms with van der Waals surface area (Å²) in [5, 5.41) is 3.01.